The largest absolute Gasteiger partial charge is 0.379 e. The van der Waals surface area contributed by atoms with E-state index in [0.717, 1.165) is 13.1 Å². The Bertz CT molecular complexity index is 500. The molecule has 0 amide bonds. The molecule has 1 N–H and O–H groups in total. The van der Waals surface area contributed by atoms with Crippen LogP contribution in [-0.2, 0) is 20.1 Å². The minimum absolute atomic E-state index is 0.855. The maximum atomic E-state index is 3.51. The number of para-hydroxylation sites is 1. The molecular weight excluding hydrogens is 222 g/mol. The summed E-state index contributed by atoms with van der Waals surface area (Å²) < 4.78 is 2.14. The standard InChI is InChI=1S/C15H21N3/c1-17(2)12-13-7-4-5-9-15(13)16-11-14-8-6-10-18(14)3/h4-10,16H,11-12H2,1-3H3. The van der Waals surface area contributed by atoms with Crippen molar-refractivity contribution in [3.8, 4) is 0 Å². The Hall–Kier alpha value is -1.74. The first-order valence-electron chi connectivity index (χ1n) is 6.23. The van der Waals surface area contributed by atoms with E-state index in [4.69, 9.17) is 0 Å². The lowest BCUT2D eigenvalue weighted by atomic mass is 10.1. The number of rotatable bonds is 5. The zero-order chi connectivity index (χ0) is 13.0. The molecule has 96 valence electrons. The predicted molar refractivity (Wildman–Crippen MR) is 76.6 cm³/mol. The van der Waals surface area contributed by atoms with Gasteiger partial charge in [0.1, 0.15) is 0 Å². The number of hydrogen-bond acceptors (Lipinski definition) is 2. The van der Waals surface area contributed by atoms with Crippen molar-refractivity contribution < 1.29 is 0 Å². The van der Waals surface area contributed by atoms with Crippen LogP contribution >= 0.6 is 0 Å². The van der Waals surface area contributed by atoms with Gasteiger partial charge in [0, 0.05) is 31.2 Å². The van der Waals surface area contributed by atoms with E-state index in [9.17, 15) is 0 Å². The third-order valence-electron chi connectivity index (χ3n) is 3.02. The highest BCUT2D eigenvalue weighted by Gasteiger charge is 2.03. The zero-order valence-corrected chi connectivity index (χ0v) is 11.4. The summed E-state index contributed by atoms with van der Waals surface area (Å²) in [4.78, 5) is 2.18. The summed E-state index contributed by atoms with van der Waals surface area (Å²) in [5.41, 5.74) is 3.83. The van der Waals surface area contributed by atoms with Crippen LogP contribution in [0.1, 0.15) is 11.3 Å². The van der Waals surface area contributed by atoms with Crippen molar-refractivity contribution >= 4 is 5.69 Å². The van der Waals surface area contributed by atoms with E-state index in [2.05, 4.69) is 78.5 Å². The number of nitrogens with zero attached hydrogens (tertiary/aromatic N) is 2. The van der Waals surface area contributed by atoms with Crippen molar-refractivity contribution in [1.29, 1.82) is 0 Å². The normalized spacial score (nSPS) is 10.9. The highest BCUT2D eigenvalue weighted by molar-refractivity contribution is 5.51. The molecule has 2 rings (SSSR count). The summed E-state index contributed by atoms with van der Waals surface area (Å²) in [6, 6.07) is 12.7. The second-order valence-corrected chi connectivity index (χ2v) is 4.86. The van der Waals surface area contributed by atoms with Gasteiger partial charge in [0.05, 0.1) is 6.54 Å². The van der Waals surface area contributed by atoms with Gasteiger partial charge in [0.25, 0.3) is 0 Å². The maximum Gasteiger partial charge on any atom is 0.0553 e. The van der Waals surface area contributed by atoms with Gasteiger partial charge in [-0.05, 0) is 37.9 Å². The van der Waals surface area contributed by atoms with E-state index >= 15 is 0 Å². The first-order chi connectivity index (χ1) is 8.66. The van der Waals surface area contributed by atoms with E-state index in [1.54, 1.807) is 0 Å². The Morgan fingerprint density at radius 1 is 1.11 bits per heavy atom. The summed E-state index contributed by atoms with van der Waals surface area (Å²) >= 11 is 0. The molecule has 0 saturated heterocycles. The third kappa shape index (κ3) is 3.14. The molecule has 1 aromatic heterocycles. The van der Waals surface area contributed by atoms with Crippen molar-refractivity contribution in [2.24, 2.45) is 7.05 Å². The highest BCUT2D eigenvalue weighted by atomic mass is 15.1. The minimum atomic E-state index is 0.855. The SMILES string of the molecule is CN(C)Cc1ccccc1NCc1cccn1C. The molecule has 2 aromatic rings. The number of aromatic nitrogens is 1. The van der Waals surface area contributed by atoms with Crippen LogP contribution in [0.3, 0.4) is 0 Å². The van der Waals surface area contributed by atoms with Crippen LogP contribution in [0.15, 0.2) is 42.6 Å². The fourth-order valence-corrected chi connectivity index (χ4v) is 2.04. The molecule has 0 aliphatic heterocycles. The second kappa shape index (κ2) is 5.74. The quantitative estimate of drug-likeness (QED) is 0.871. The van der Waals surface area contributed by atoms with Crippen molar-refractivity contribution in [2.75, 3.05) is 19.4 Å². The molecule has 0 bridgehead atoms. The van der Waals surface area contributed by atoms with Gasteiger partial charge in [-0.1, -0.05) is 18.2 Å². The van der Waals surface area contributed by atoms with Crippen molar-refractivity contribution in [3.63, 3.8) is 0 Å². The summed E-state index contributed by atoms with van der Waals surface area (Å²) in [5, 5.41) is 3.51. The van der Waals surface area contributed by atoms with Gasteiger partial charge >= 0.3 is 0 Å². The van der Waals surface area contributed by atoms with Gasteiger partial charge in [-0.15, -0.1) is 0 Å². The van der Waals surface area contributed by atoms with Crippen molar-refractivity contribution in [3.05, 3.63) is 53.9 Å². The Labute approximate surface area is 109 Å². The molecule has 0 spiro atoms. The Kier molecular flexibility index (Phi) is 4.05. The topological polar surface area (TPSA) is 20.2 Å². The van der Waals surface area contributed by atoms with E-state index in [1.807, 2.05) is 0 Å². The van der Waals surface area contributed by atoms with Crippen molar-refractivity contribution in [2.45, 2.75) is 13.1 Å². The van der Waals surface area contributed by atoms with Gasteiger partial charge in [-0.2, -0.15) is 0 Å². The summed E-state index contributed by atoms with van der Waals surface area (Å²) in [7, 11) is 6.25. The molecule has 3 nitrogen and oxygen atoms in total. The summed E-state index contributed by atoms with van der Waals surface area (Å²) in [6.07, 6.45) is 2.07. The molecular formula is C15H21N3. The maximum absolute atomic E-state index is 3.51. The minimum Gasteiger partial charge on any atom is -0.379 e. The number of nitrogens with one attached hydrogen (secondary N) is 1. The highest BCUT2D eigenvalue weighted by Crippen LogP contribution is 2.17. The van der Waals surface area contributed by atoms with Crippen LogP contribution in [-0.4, -0.2) is 23.6 Å². The Morgan fingerprint density at radius 2 is 1.89 bits per heavy atom. The van der Waals surface area contributed by atoms with Crippen LogP contribution in [0.25, 0.3) is 0 Å². The molecule has 0 radical (unpaired) electrons. The number of aryl methyl sites for hydroxylation is 1. The average Bonchev–Trinajstić information content (AvgIpc) is 2.73. The molecule has 18 heavy (non-hydrogen) atoms. The molecule has 0 unspecified atom stereocenters. The van der Waals surface area contributed by atoms with Gasteiger partial charge < -0.3 is 14.8 Å². The predicted octanol–water partition coefficient (Wildman–Crippen LogP) is 2.70. The molecule has 1 aromatic carbocycles. The fraction of sp³-hybridized carbons (Fsp3) is 0.333. The molecule has 1 heterocycles. The lowest BCUT2D eigenvalue weighted by Crippen LogP contribution is -2.13. The molecule has 0 aliphatic carbocycles. The van der Waals surface area contributed by atoms with Gasteiger partial charge in [0.15, 0.2) is 0 Å². The fourth-order valence-electron chi connectivity index (χ4n) is 2.04. The molecule has 0 saturated carbocycles. The van der Waals surface area contributed by atoms with E-state index in [1.165, 1.54) is 16.9 Å². The molecule has 0 aliphatic rings. The lowest BCUT2D eigenvalue weighted by Gasteiger charge is -2.15. The van der Waals surface area contributed by atoms with Crippen LogP contribution in [0.5, 0.6) is 0 Å². The monoisotopic (exact) mass is 243 g/mol. The number of anilines is 1. The Balaban J connectivity index is 2.07. The zero-order valence-electron chi connectivity index (χ0n) is 11.4. The summed E-state index contributed by atoms with van der Waals surface area (Å²) in [6.45, 7) is 1.81. The van der Waals surface area contributed by atoms with E-state index in [0.29, 0.717) is 0 Å². The smallest absolute Gasteiger partial charge is 0.0553 e. The van der Waals surface area contributed by atoms with E-state index < -0.39 is 0 Å². The molecule has 0 fully saturated rings. The van der Waals surface area contributed by atoms with Crippen LogP contribution in [0.4, 0.5) is 5.69 Å². The van der Waals surface area contributed by atoms with Crippen LogP contribution in [0.2, 0.25) is 0 Å². The molecule has 3 heteroatoms. The second-order valence-electron chi connectivity index (χ2n) is 4.86. The average molecular weight is 243 g/mol. The van der Waals surface area contributed by atoms with Crippen molar-refractivity contribution in [1.82, 2.24) is 9.47 Å². The number of hydrogen-bond donors (Lipinski definition) is 1. The molecule has 0 atom stereocenters. The third-order valence-corrected chi connectivity index (χ3v) is 3.02. The van der Waals surface area contributed by atoms with Crippen LogP contribution < -0.4 is 5.32 Å². The summed E-state index contributed by atoms with van der Waals surface area (Å²) in [5.74, 6) is 0. The van der Waals surface area contributed by atoms with Crippen LogP contribution in [0, 0.1) is 0 Å². The Morgan fingerprint density at radius 3 is 2.56 bits per heavy atom. The first-order valence-corrected chi connectivity index (χ1v) is 6.23. The van der Waals surface area contributed by atoms with Gasteiger partial charge in [-0.3, -0.25) is 0 Å². The number of benzene rings is 1. The lowest BCUT2D eigenvalue weighted by molar-refractivity contribution is 0.403. The van der Waals surface area contributed by atoms with Gasteiger partial charge in [-0.25, -0.2) is 0 Å². The first kappa shape index (κ1) is 12.7. The van der Waals surface area contributed by atoms with Gasteiger partial charge in [0.2, 0.25) is 0 Å². The van der Waals surface area contributed by atoms with E-state index in [-0.39, 0.29) is 0 Å².